The summed E-state index contributed by atoms with van der Waals surface area (Å²) in [5.74, 6) is 0.661. The van der Waals surface area contributed by atoms with E-state index in [-0.39, 0.29) is 0 Å². The van der Waals surface area contributed by atoms with Gasteiger partial charge in [-0.25, -0.2) is 4.73 Å². The van der Waals surface area contributed by atoms with E-state index in [1.54, 1.807) is 48.7 Å². The van der Waals surface area contributed by atoms with E-state index >= 15 is 0 Å². The second-order valence-corrected chi connectivity index (χ2v) is 5.01. The Balaban J connectivity index is 2.11. The predicted octanol–water partition coefficient (Wildman–Crippen LogP) is 2.46. The number of aromatic nitrogens is 2. The van der Waals surface area contributed by atoms with Crippen molar-refractivity contribution < 1.29 is 9.47 Å². The summed E-state index contributed by atoms with van der Waals surface area (Å²) in [4.78, 5) is 3.73. The minimum absolute atomic E-state index is 0.488. The third-order valence-electron chi connectivity index (χ3n) is 2.78. The van der Waals surface area contributed by atoms with Crippen LogP contribution in [0.1, 0.15) is 25.1 Å². The molecule has 0 aliphatic carbocycles. The maximum absolute atomic E-state index is 11.5. The van der Waals surface area contributed by atoms with Gasteiger partial charge in [0.25, 0.3) is 6.33 Å². The Morgan fingerprint density at radius 1 is 1.29 bits per heavy atom. The van der Waals surface area contributed by atoms with Crippen LogP contribution in [0.3, 0.4) is 0 Å². The van der Waals surface area contributed by atoms with Gasteiger partial charge >= 0.3 is 0 Å². The second-order valence-electron chi connectivity index (χ2n) is 5.01. The van der Waals surface area contributed by atoms with Crippen LogP contribution in [0.2, 0.25) is 0 Å². The zero-order valence-electron chi connectivity index (χ0n) is 11.9. The van der Waals surface area contributed by atoms with Crippen molar-refractivity contribution in [2.45, 2.75) is 19.4 Å². The number of hydrogen-bond donors (Lipinski definition) is 0. The molecule has 0 unspecified atom stereocenters. The van der Waals surface area contributed by atoms with Crippen LogP contribution >= 0.6 is 0 Å². The lowest BCUT2D eigenvalue weighted by molar-refractivity contribution is -0.610. The van der Waals surface area contributed by atoms with Crippen LogP contribution in [0.25, 0.3) is 6.08 Å². The van der Waals surface area contributed by atoms with E-state index in [1.807, 2.05) is 13.8 Å². The monoisotopic (exact) mass is 281 g/mol. The highest BCUT2D eigenvalue weighted by Crippen LogP contribution is 2.20. The fraction of sp³-hybridized carbons (Fsp3) is 0.188. The third kappa shape index (κ3) is 4.05. The van der Waals surface area contributed by atoms with Crippen molar-refractivity contribution in [1.29, 1.82) is 5.26 Å². The van der Waals surface area contributed by atoms with E-state index in [1.165, 1.54) is 6.33 Å². The molecule has 0 bridgehead atoms. The summed E-state index contributed by atoms with van der Waals surface area (Å²) in [5, 5.41) is 20.3. The molecule has 2 aromatic rings. The Morgan fingerprint density at radius 3 is 2.62 bits per heavy atom. The molecule has 1 aromatic carbocycles. The van der Waals surface area contributed by atoms with E-state index in [0.717, 1.165) is 0 Å². The summed E-state index contributed by atoms with van der Waals surface area (Å²) in [6.45, 7) is 3.77. The van der Waals surface area contributed by atoms with Gasteiger partial charge in [0, 0.05) is 6.07 Å². The average Bonchev–Trinajstić information content (AvgIpc) is 2.47. The van der Waals surface area contributed by atoms with Crippen LogP contribution < -0.4 is 9.47 Å². The van der Waals surface area contributed by atoms with Crippen molar-refractivity contribution in [3.05, 3.63) is 65.4 Å². The fourth-order valence-corrected chi connectivity index (χ4v) is 1.71. The van der Waals surface area contributed by atoms with E-state index in [0.29, 0.717) is 21.7 Å². The Bertz CT molecular complexity index is 685. The van der Waals surface area contributed by atoms with Crippen molar-refractivity contribution in [1.82, 2.24) is 4.98 Å². The first-order chi connectivity index (χ1) is 10.00. The molecule has 0 atom stereocenters. The SMILES string of the molecule is CC(C)(C=Cc1ccnc[n+]1[O-])Oc1ccc(C#N)cc1. The average molecular weight is 281 g/mol. The molecule has 1 heterocycles. The first kappa shape index (κ1) is 14.5. The quantitative estimate of drug-likeness (QED) is 0.637. The smallest absolute Gasteiger partial charge is 0.289 e. The maximum Gasteiger partial charge on any atom is 0.289 e. The van der Waals surface area contributed by atoms with Crippen LogP contribution in [0.4, 0.5) is 0 Å². The van der Waals surface area contributed by atoms with Gasteiger partial charge in [0.2, 0.25) is 0 Å². The lowest BCUT2D eigenvalue weighted by Gasteiger charge is -2.22. The van der Waals surface area contributed by atoms with Gasteiger partial charge in [-0.15, -0.1) is 0 Å². The van der Waals surface area contributed by atoms with Gasteiger partial charge in [0.05, 0.1) is 11.6 Å². The van der Waals surface area contributed by atoms with Gasteiger partial charge < -0.3 is 9.94 Å². The zero-order valence-corrected chi connectivity index (χ0v) is 11.9. The Morgan fingerprint density at radius 2 is 2.00 bits per heavy atom. The van der Waals surface area contributed by atoms with Crippen LogP contribution in [-0.4, -0.2) is 10.6 Å². The van der Waals surface area contributed by atoms with E-state index < -0.39 is 5.60 Å². The minimum Gasteiger partial charge on any atom is -0.710 e. The summed E-state index contributed by atoms with van der Waals surface area (Å²) in [6, 6.07) is 10.6. The van der Waals surface area contributed by atoms with Crippen LogP contribution in [0.5, 0.6) is 5.75 Å². The molecular weight excluding hydrogens is 266 g/mol. The highest BCUT2D eigenvalue weighted by Gasteiger charge is 2.16. The largest absolute Gasteiger partial charge is 0.710 e. The molecule has 21 heavy (non-hydrogen) atoms. The Kier molecular flexibility index (Phi) is 4.19. The molecule has 0 aliphatic heterocycles. The standard InChI is InChI=1S/C16H15N3O2/c1-16(2,9-7-14-8-10-18-12-19(14)20)21-15-5-3-13(11-17)4-6-15/h3-10,12H,1-2H3. The molecule has 5 nitrogen and oxygen atoms in total. The van der Waals surface area contributed by atoms with Crippen molar-refractivity contribution in [2.24, 2.45) is 0 Å². The van der Waals surface area contributed by atoms with Crippen molar-refractivity contribution in [3.8, 4) is 11.8 Å². The van der Waals surface area contributed by atoms with E-state index in [2.05, 4.69) is 11.1 Å². The van der Waals surface area contributed by atoms with Crippen LogP contribution in [0, 0.1) is 16.5 Å². The Labute approximate surface area is 123 Å². The Hall–Kier alpha value is -2.87. The summed E-state index contributed by atoms with van der Waals surface area (Å²) in [5.41, 5.74) is 0.478. The number of benzene rings is 1. The first-order valence-corrected chi connectivity index (χ1v) is 6.42. The molecule has 0 saturated carbocycles. The molecular formula is C16H15N3O2. The molecule has 0 spiro atoms. The van der Waals surface area contributed by atoms with Crippen molar-refractivity contribution >= 4 is 6.08 Å². The van der Waals surface area contributed by atoms with Crippen LogP contribution in [-0.2, 0) is 0 Å². The highest BCUT2D eigenvalue weighted by molar-refractivity contribution is 5.43. The highest BCUT2D eigenvalue weighted by atomic mass is 16.5. The molecule has 0 N–H and O–H groups in total. The van der Waals surface area contributed by atoms with Crippen molar-refractivity contribution in [2.75, 3.05) is 0 Å². The molecule has 5 heteroatoms. The van der Waals surface area contributed by atoms with Gasteiger partial charge in [-0.1, -0.05) is 4.98 Å². The predicted molar refractivity (Wildman–Crippen MR) is 78.1 cm³/mol. The topological polar surface area (TPSA) is 72.8 Å². The number of nitriles is 1. The van der Waals surface area contributed by atoms with Gasteiger partial charge in [-0.05, 0) is 50.3 Å². The molecule has 0 saturated heterocycles. The van der Waals surface area contributed by atoms with Gasteiger partial charge in [0.1, 0.15) is 23.2 Å². The second kappa shape index (κ2) is 6.06. The molecule has 1 aromatic heterocycles. The summed E-state index contributed by atoms with van der Waals surface area (Å²) >= 11 is 0. The lowest BCUT2D eigenvalue weighted by atomic mass is 10.1. The van der Waals surface area contributed by atoms with E-state index in [4.69, 9.17) is 10.00 Å². The lowest BCUT2D eigenvalue weighted by Crippen LogP contribution is -2.30. The van der Waals surface area contributed by atoms with Gasteiger partial charge in [0.15, 0.2) is 0 Å². The van der Waals surface area contributed by atoms with E-state index in [9.17, 15) is 5.21 Å². The van der Waals surface area contributed by atoms with Gasteiger partial charge in [-0.3, -0.25) is 0 Å². The summed E-state index contributed by atoms with van der Waals surface area (Å²) in [6.07, 6.45) is 6.25. The zero-order chi connectivity index (χ0) is 15.3. The molecule has 0 fully saturated rings. The normalized spacial score (nSPS) is 11.3. The first-order valence-electron chi connectivity index (χ1n) is 6.42. The van der Waals surface area contributed by atoms with Gasteiger partial charge in [-0.2, -0.15) is 5.26 Å². The summed E-state index contributed by atoms with van der Waals surface area (Å²) < 4.78 is 6.53. The number of ether oxygens (including phenoxy) is 1. The molecule has 106 valence electrons. The molecule has 0 radical (unpaired) electrons. The molecule has 2 rings (SSSR count). The summed E-state index contributed by atoms with van der Waals surface area (Å²) in [7, 11) is 0. The maximum atomic E-state index is 11.5. The number of nitrogens with zero attached hydrogens (tertiary/aromatic N) is 3. The molecule has 0 aliphatic rings. The van der Waals surface area contributed by atoms with Crippen LogP contribution in [0.15, 0.2) is 48.9 Å². The number of hydrogen-bond acceptors (Lipinski definition) is 4. The molecule has 0 amide bonds. The third-order valence-corrected chi connectivity index (χ3v) is 2.78. The van der Waals surface area contributed by atoms with Crippen molar-refractivity contribution in [3.63, 3.8) is 0 Å². The fourth-order valence-electron chi connectivity index (χ4n) is 1.71. The number of rotatable bonds is 4. The minimum atomic E-state index is -0.593.